The van der Waals surface area contributed by atoms with Crippen molar-refractivity contribution in [3.8, 4) is 0 Å². The van der Waals surface area contributed by atoms with Crippen LogP contribution in [0.2, 0.25) is 0 Å². The van der Waals surface area contributed by atoms with Crippen LogP contribution in [0.3, 0.4) is 0 Å². The summed E-state index contributed by atoms with van der Waals surface area (Å²) in [5, 5.41) is 0. The van der Waals surface area contributed by atoms with Gasteiger partial charge in [0, 0.05) is 12.8 Å². The molecule has 2 unspecified atom stereocenters. The van der Waals surface area contributed by atoms with E-state index >= 15 is 0 Å². The Bertz CT molecular complexity index is 756. The molecule has 4 heteroatoms. The van der Waals surface area contributed by atoms with Crippen molar-refractivity contribution in [1.82, 2.24) is 0 Å². The first-order valence-corrected chi connectivity index (χ1v) is 25.5. The topological polar surface area (TPSA) is 52.6 Å². The summed E-state index contributed by atoms with van der Waals surface area (Å²) in [5.41, 5.74) is 0. The lowest BCUT2D eigenvalue weighted by Crippen LogP contribution is -2.13. The molecule has 0 bridgehead atoms. The molecule has 4 nitrogen and oxygen atoms in total. The maximum Gasteiger partial charge on any atom is 0.305 e. The summed E-state index contributed by atoms with van der Waals surface area (Å²) in [7, 11) is 0. The fourth-order valence-corrected chi connectivity index (χ4v) is 7.90. The maximum absolute atomic E-state index is 12.0. The first-order valence-electron chi connectivity index (χ1n) is 25.5. The fourth-order valence-electron chi connectivity index (χ4n) is 7.90. The lowest BCUT2D eigenvalue weighted by atomic mass is 10.0. The van der Waals surface area contributed by atoms with Gasteiger partial charge in [-0.2, -0.15) is 0 Å². The van der Waals surface area contributed by atoms with E-state index in [9.17, 15) is 9.59 Å². The van der Waals surface area contributed by atoms with Gasteiger partial charge in [0.05, 0.1) is 13.2 Å². The van der Waals surface area contributed by atoms with Crippen LogP contribution in [-0.4, -0.2) is 25.2 Å². The van der Waals surface area contributed by atoms with Crippen molar-refractivity contribution in [2.45, 2.75) is 285 Å². The minimum absolute atomic E-state index is 0.0162. The molecule has 0 saturated carbocycles. The van der Waals surface area contributed by atoms with Crippen LogP contribution < -0.4 is 0 Å². The zero-order chi connectivity index (χ0) is 40.8. The molecule has 0 radical (unpaired) electrons. The number of ether oxygens (including phenoxy) is 2. The molecular weight excluding hydrogens is 689 g/mol. The van der Waals surface area contributed by atoms with Crippen LogP contribution in [0.4, 0.5) is 0 Å². The third-order valence-corrected chi connectivity index (χ3v) is 12.2. The third kappa shape index (κ3) is 42.3. The van der Waals surface area contributed by atoms with Crippen molar-refractivity contribution in [2.75, 3.05) is 13.2 Å². The van der Waals surface area contributed by atoms with Crippen molar-refractivity contribution < 1.29 is 19.1 Å². The number of unbranched alkanes of at least 4 members (excludes halogenated alkanes) is 30. The first kappa shape index (κ1) is 54.7. The Balaban J connectivity index is 3.26. The lowest BCUT2D eigenvalue weighted by Gasteiger charge is -2.14. The number of carbonyl (C=O) groups is 2. The van der Waals surface area contributed by atoms with E-state index in [0.29, 0.717) is 37.9 Å². The Morgan fingerprint density at radius 1 is 0.357 bits per heavy atom. The van der Waals surface area contributed by atoms with Crippen molar-refractivity contribution in [3.63, 3.8) is 0 Å². The second-order valence-corrected chi connectivity index (χ2v) is 17.6. The first-order chi connectivity index (χ1) is 27.6. The van der Waals surface area contributed by atoms with Gasteiger partial charge in [0.1, 0.15) is 0 Å². The van der Waals surface area contributed by atoms with Crippen LogP contribution in [0.15, 0.2) is 12.2 Å². The standard InChI is InChI=1S/C52H100O4/c1-5-9-43-49(7-3)47-55-51(53)45-41-39-37-35-33-31-29-27-25-23-21-19-17-15-13-11-12-14-16-18-20-22-24-26-28-30-32-34-36-38-40-42-46-52(54)56-48-50(8-4)44-10-6-2/h11-12,49-50H,5-10,13-48H2,1-4H3/b12-11-. The summed E-state index contributed by atoms with van der Waals surface area (Å²) in [6.45, 7) is 10.1. The number of rotatable bonds is 46. The van der Waals surface area contributed by atoms with Gasteiger partial charge >= 0.3 is 11.9 Å². The second kappa shape index (κ2) is 46.4. The SMILES string of the molecule is CCCCC(CC)COC(=O)CCCCCCCCCCCCCCCC/C=C\CCCCCCCCCCCCCCCCC(=O)OCC(CC)CCCC. The molecule has 0 aliphatic carbocycles. The fraction of sp³-hybridized carbons (Fsp3) is 0.923. The summed E-state index contributed by atoms with van der Waals surface area (Å²) < 4.78 is 11.1. The zero-order valence-electron chi connectivity index (χ0n) is 38.6. The van der Waals surface area contributed by atoms with Gasteiger partial charge < -0.3 is 9.47 Å². The van der Waals surface area contributed by atoms with E-state index in [1.165, 1.54) is 218 Å². The Morgan fingerprint density at radius 3 is 0.857 bits per heavy atom. The lowest BCUT2D eigenvalue weighted by molar-refractivity contribution is -0.146. The maximum atomic E-state index is 12.0. The molecule has 0 amide bonds. The van der Waals surface area contributed by atoms with Gasteiger partial charge in [-0.1, -0.05) is 232 Å². The number of hydrogen-bond acceptors (Lipinski definition) is 4. The van der Waals surface area contributed by atoms with E-state index in [1.54, 1.807) is 0 Å². The summed E-state index contributed by atoms with van der Waals surface area (Å²) in [4.78, 5) is 24.0. The normalized spacial score (nSPS) is 12.7. The van der Waals surface area contributed by atoms with E-state index in [2.05, 4.69) is 39.8 Å². The van der Waals surface area contributed by atoms with Gasteiger partial charge in [-0.05, 0) is 63.2 Å². The molecule has 0 saturated heterocycles. The van der Waals surface area contributed by atoms with Gasteiger partial charge in [-0.3, -0.25) is 9.59 Å². The number of carbonyl (C=O) groups excluding carboxylic acids is 2. The highest BCUT2D eigenvalue weighted by molar-refractivity contribution is 5.69. The molecule has 0 N–H and O–H groups in total. The Morgan fingerprint density at radius 2 is 0.607 bits per heavy atom. The minimum Gasteiger partial charge on any atom is -0.465 e. The van der Waals surface area contributed by atoms with E-state index in [0.717, 1.165) is 25.7 Å². The molecule has 0 aromatic heterocycles. The molecule has 2 atom stereocenters. The smallest absolute Gasteiger partial charge is 0.305 e. The van der Waals surface area contributed by atoms with Crippen molar-refractivity contribution in [2.24, 2.45) is 11.8 Å². The summed E-state index contributed by atoms with van der Waals surface area (Å²) >= 11 is 0. The van der Waals surface area contributed by atoms with Gasteiger partial charge in [0.2, 0.25) is 0 Å². The van der Waals surface area contributed by atoms with Crippen LogP contribution in [-0.2, 0) is 19.1 Å². The predicted octanol–water partition coefficient (Wildman–Crippen LogP) is 17.5. The molecule has 0 spiro atoms. The third-order valence-electron chi connectivity index (χ3n) is 12.2. The average Bonchev–Trinajstić information content (AvgIpc) is 3.21. The zero-order valence-corrected chi connectivity index (χ0v) is 38.6. The van der Waals surface area contributed by atoms with Crippen LogP contribution in [0.5, 0.6) is 0 Å². The number of esters is 2. The molecule has 0 aliphatic rings. The quantitative estimate of drug-likeness (QED) is 0.0350. The Hall–Kier alpha value is -1.32. The number of allylic oxidation sites excluding steroid dienone is 2. The highest BCUT2D eigenvalue weighted by Gasteiger charge is 2.11. The average molecular weight is 789 g/mol. The van der Waals surface area contributed by atoms with Gasteiger partial charge in [0.25, 0.3) is 0 Å². The van der Waals surface area contributed by atoms with Gasteiger partial charge in [-0.15, -0.1) is 0 Å². The highest BCUT2D eigenvalue weighted by atomic mass is 16.5. The van der Waals surface area contributed by atoms with Gasteiger partial charge in [-0.25, -0.2) is 0 Å². The molecule has 0 aromatic rings. The number of hydrogen-bond donors (Lipinski definition) is 0. The van der Waals surface area contributed by atoms with E-state index in [-0.39, 0.29) is 11.9 Å². The summed E-state index contributed by atoms with van der Waals surface area (Å²) in [5.74, 6) is 1.13. The second-order valence-electron chi connectivity index (χ2n) is 17.6. The highest BCUT2D eigenvalue weighted by Crippen LogP contribution is 2.18. The molecular formula is C52H100O4. The van der Waals surface area contributed by atoms with Crippen LogP contribution in [0, 0.1) is 11.8 Å². The minimum atomic E-state index is 0.0162. The monoisotopic (exact) mass is 789 g/mol. The summed E-state index contributed by atoms with van der Waals surface area (Å²) in [6, 6.07) is 0. The molecule has 0 rings (SSSR count). The molecule has 0 aliphatic heterocycles. The Labute approximate surface area is 351 Å². The van der Waals surface area contributed by atoms with E-state index in [4.69, 9.17) is 9.47 Å². The molecule has 0 aromatic carbocycles. The molecule has 0 heterocycles. The largest absolute Gasteiger partial charge is 0.465 e. The van der Waals surface area contributed by atoms with Crippen LogP contribution in [0.1, 0.15) is 285 Å². The molecule has 56 heavy (non-hydrogen) atoms. The van der Waals surface area contributed by atoms with Crippen molar-refractivity contribution in [1.29, 1.82) is 0 Å². The van der Waals surface area contributed by atoms with E-state index < -0.39 is 0 Å². The predicted molar refractivity (Wildman–Crippen MR) is 245 cm³/mol. The van der Waals surface area contributed by atoms with Crippen LogP contribution in [0.25, 0.3) is 0 Å². The molecule has 332 valence electrons. The van der Waals surface area contributed by atoms with E-state index in [1.807, 2.05) is 0 Å². The van der Waals surface area contributed by atoms with Crippen molar-refractivity contribution >= 4 is 11.9 Å². The van der Waals surface area contributed by atoms with Crippen LogP contribution >= 0.6 is 0 Å². The summed E-state index contributed by atoms with van der Waals surface area (Å²) in [6.07, 6.45) is 55.7. The Kier molecular flexibility index (Phi) is 45.3. The van der Waals surface area contributed by atoms with Crippen molar-refractivity contribution in [3.05, 3.63) is 12.2 Å². The molecule has 0 fully saturated rings. The van der Waals surface area contributed by atoms with Gasteiger partial charge in [0.15, 0.2) is 0 Å².